The van der Waals surface area contributed by atoms with Crippen LogP contribution in [0.2, 0.25) is 0 Å². The third-order valence-electron chi connectivity index (χ3n) is 2.87. The number of amides is 1. The first-order valence-electron chi connectivity index (χ1n) is 5.86. The van der Waals surface area contributed by atoms with Crippen LogP contribution in [0.1, 0.15) is 15.9 Å². The Morgan fingerprint density at radius 1 is 1.45 bits per heavy atom. The van der Waals surface area contributed by atoms with Gasteiger partial charge in [-0.2, -0.15) is 5.26 Å². The number of aromatic nitrogens is 1. The predicted molar refractivity (Wildman–Crippen MR) is 75.9 cm³/mol. The molecule has 20 heavy (non-hydrogen) atoms. The third kappa shape index (κ3) is 2.58. The third-order valence-corrected chi connectivity index (χ3v) is 2.87. The number of carbonyl (C=O) groups excluding carboxylic acids is 1. The second kappa shape index (κ2) is 5.82. The highest BCUT2D eigenvalue weighted by Crippen LogP contribution is 2.20. The second-order valence-corrected chi connectivity index (χ2v) is 4.09. The number of benzene rings is 1. The standard InChI is InChI=1S/C14H13N5O/c1-19(11-4-2-3-10(7-11)8-15)14(20)12-5-6-17-9-13(12)18-16/h2-7,9,18H,16H2,1H3. The smallest absolute Gasteiger partial charge is 0.260 e. The molecule has 0 aliphatic carbocycles. The average Bonchev–Trinajstić information content (AvgIpc) is 2.53. The average molecular weight is 267 g/mol. The number of hydrogen-bond donors (Lipinski definition) is 2. The van der Waals surface area contributed by atoms with Gasteiger partial charge in [0.1, 0.15) is 0 Å². The van der Waals surface area contributed by atoms with Crippen LogP contribution in [0.25, 0.3) is 0 Å². The molecule has 2 rings (SSSR count). The van der Waals surface area contributed by atoms with Crippen molar-refractivity contribution in [2.45, 2.75) is 0 Å². The van der Waals surface area contributed by atoms with Crippen molar-refractivity contribution in [2.24, 2.45) is 5.84 Å². The van der Waals surface area contributed by atoms with E-state index in [1.165, 1.54) is 17.3 Å². The molecule has 0 atom stereocenters. The zero-order valence-electron chi connectivity index (χ0n) is 10.9. The van der Waals surface area contributed by atoms with Crippen molar-refractivity contribution in [3.05, 3.63) is 53.9 Å². The Bertz CT molecular complexity index is 677. The maximum absolute atomic E-state index is 12.4. The molecule has 0 unspecified atom stereocenters. The van der Waals surface area contributed by atoms with Crippen LogP contribution in [0.4, 0.5) is 11.4 Å². The minimum atomic E-state index is -0.240. The zero-order valence-corrected chi connectivity index (χ0v) is 10.9. The van der Waals surface area contributed by atoms with E-state index in [-0.39, 0.29) is 5.91 Å². The van der Waals surface area contributed by atoms with E-state index in [1.807, 2.05) is 6.07 Å². The molecule has 0 bridgehead atoms. The minimum Gasteiger partial charge on any atom is -0.322 e. The van der Waals surface area contributed by atoms with Crippen LogP contribution < -0.4 is 16.2 Å². The lowest BCUT2D eigenvalue weighted by molar-refractivity contribution is 0.0993. The number of rotatable bonds is 3. The van der Waals surface area contributed by atoms with E-state index in [2.05, 4.69) is 10.4 Å². The summed E-state index contributed by atoms with van der Waals surface area (Å²) in [5.74, 6) is 5.13. The molecule has 0 radical (unpaired) electrons. The molecule has 100 valence electrons. The summed E-state index contributed by atoms with van der Waals surface area (Å²) in [5, 5.41) is 8.89. The molecule has 0 spiro atoms. The van der Waals surface area contributed by atoms with Gasteiger partial charge in [0.25, 0.3) is 5.91 Å². The Morgan fingerprint density at radius 3 is 2.95 bits per heavy atom. The molecule has 0 aliphatic heterocycles. The molecule has 1 aromatic heterocycles. The van der Waals surface area contributed by atoms with Crippen LogP contribution >= 0.6 is 0 Å². The maximum atomic E-state index is 12.4. The van der Waals surface area contributed by atoms with Crippen molar-refractivity contribution in [1.29, 1.82) is 5.26 Å². The second-order valence-electron chi connectivity index (χ2n) is 4.09. The van der Waals surface area contributed by atoms with Gasteiger partial charge in [-0.05, 0) is 24.3 Å². The molecule has 2 aromatic rings. The summed E-state index contributed by atoms with van der Waals surface area (Å²) in [7, 11) is 1.64. The SMILES string of the molecule is CN(C(=O)c1ccncc1NN)c1cccc(C#N)c1. The number of anilines is 2. The van der Waals surface area contributed by atoms with Crippen LogP contribution in [0.15, 0.2) is 42.7 Å². The van der Waals surface area contributed by atoms with E-state index in [9.17, 15) is 4.79 Å². The molecule has 0 saturated carbocycles. The van der Waals surface area contributed by atoms with E-state index < -0.39 is 0 Å². The van der Waals surface area contributed by atoms with E-state index in [1.54, 1.807) is 37.4 Å². The van der Waals surface area contributed by atoms with Crippen molar-refractivity contribution >= 4 is 17.3 Å². The van der Waals surface area contributed by atoms with Crippen LogP contribution in [0, 0.1) is 11.3 Å². The number of nitrogens with one attached hydrogen (secondary N) is 1. The van der Waals surface area contributed by atoms with Crippen LogP contribution in [0.3, 0.4) is 0 Å². The van der Waals surface area contributed by atoms with Crippen LogP contribution in [0.5, 0.6) is 0 Å². The number of nitriles is 1. The number of nitrogens with two attached hydrogens (primary N) is 1. The number of carbonyl (C=O) groups is 1. The maximum Gasteiger partial charge on any atom is 0.260 e. The number of hydrazine groups is 1. The highest BCUT2D eigenvalue weighted by molar-refractivity contribution is 6.09. The predicted octanol–water partition coefficient (Wildman–Crippen LogP) is 1.52. The van der Waals surface area contributed by atoms with Crippen molar-refractivity contribution in [3.63, 3.8) is 0 Å². The van der Waals surface area contributed by atoms with Gasteiger partial charge in [0, 0.05) is 18.9 Å². The van der Waals surface area contributed by atoms with Crippen LogP contribution in [-0.4, -0.2) is 17.9 Å². The quantitative estimate of drug-likeness (QED) is 0.649. The Kier molecular flexibility index (Phi) is 3.93. The molecule has 0 fully saturated rings. The monoisotopic (exact) mass is 267 g/mol. The molecule has 6 nitrogen and oxygen atoms in total. The van der Waals surface area contributed by atoms with Crippen molar-refractivity contribution in [1.82, 2.24) is 4.98 Å². The fourth-order valence-corrected chi connectivity index (χ4v) is 1.78. The number of nitrogens with zero attached hydrogens (tertiary/aromatic N) is 3. The van der Waals surface area contributed by atoms with Crippen molar-refractivity contribution in [3.8, 4) is 6.07 Å². The summed E-state index contributed by atoms with van der Waals surface area (Å²) >= 11 is 0. The molecule has 1 aromatic carbocycles. The topological polar surface area (TPSA) is 95.0 Å². The number of hydrogen-bond acceptors (Lipinski definition) is 5. The largest absolute Gasteiger partial charge is 0.322 e. The van der Waals surface area contributed by atoms with Gasteiger partial charge in [-0.1, -0.05) is 6.07 Å². The van der Waals surface area contributed by atoms with Gasteiger partial charge in [-0.3, -0.25) is 15.6 Å². The summed E-state index contributed by atoms with van der Waals surface area (Å²) in [6.07, 6.45) is 3.00. The van der Waals surface area contributed by atoms with E-state index >= 15 is 0 Å². The summed E-state index contributed by atoms with van der Waals surface area (Å²) in [6, 6.07) is 10.4. The molecular weight excluding hydrogens is 254 g/mol. The molecule has 1 heterocycles. The van der Waals surface area contributed by atoms with Gasteiger partial charge < -0.3 is 10.3 Å². The minimum absolute atomic E-state index is 0.240. The molecule has 3 N–H and O–H groups in total. The number of pyridine rings is 1. The Hall–Kier alpha value is -2.91. The first-order valence-corrected chi connectivity index (χ1v) is 5.86. The van der Waals surface area contributed by atoms with E-state index in [4.69, 9.17) is 11.1 Å². The summed E-state index contributed by atoms with van der Waals surface area (Å²) in [4.78, 5) is 17.8. The number of nitrogen functional groups attached to an aromatic ring is 1. The summed E-state index contributed by atoms with van der Waals surface area (Å²) in [6.45, 7) is 0. The lowest BCUT2D eigenvalue weighted by Gasteiger charge is -2.19. The van der Waals surface area contributed by atoms with Gasteiger partial charge in [-0.15, -0.1) is 0 Å². The van der Waals surface area contributed by atoms with Gasteiger partial charge in [0.2, 0.25) is 0 Å². The first kappa shape index (κ1) is 13.5. The van der Waals surface area contributed by atoms with Crippen molar-refractivity contribution < 1.29 is 4.79 Å². The molecule has 6 heteroatoms. The fourth-order valence-electron chi connectivity index (χ4n) is 1.78. The lowest BCUT2D eigenvalue weighted by atomic mass is 10.1. The summed E-state index contributed by atoms with van der Waals surface area (Å²) in [5.41, 5.74) is 4.43. The Labute approximate surface area is 116 Å². The van der Waals surface area contributed by atoms with Gasteiger partial charge in [0.05, 0.1) is 29.1 Å². The molecule has 1 amide bonds. The van der Waals surface area contributed by atoms with Gasteiger partial charge >= 0.3 is 0 Å². The highest BCUT2D eigenvalue weighted by Gasteiger charge is 2.17. The fraction of sp³-hybridized carbons (Fsp3) is 0.0714. The molecule has 0 aliphatic rings. The van der Waals surface area contributed by atoms with Crippen molar-refractivity contribution in [2.75, 3.05) is 17.4 Å². The molecule has 0 saturated heterocycles. The zero-order chi connectivity index (χ0) is 14.5. The van der Waals surface area contributed by atoms with Gasteiger partial charge in [-0.25, -0.2) is 0 Å². The van der Waals surface area contributed by atoms with Gasteiger partial charge in [0.15, 0.2) is 0 Å². The first-order chi connectivity index (χ1) is 9.67. The Morgan fingerprint density at radius 2 is 2.25 bits per heavy atom. The summed E-state index contributed by atoms with van der Waals surface area (Å²) < 4.78 is 0. The highest BCUT2D eigenvalue weighted by atomic mass is 16.2. The van der Waals surface area contributed by atoms with Crippen LogP contribution in [-0.2, 0) is 0 Å². The normalized spacial score (nSPS) is 9.65. The Balaban J connectivity index is 2.35. The molecular formula is C14H13N5O. The van der Waals surface area contributed by atoms with E-state index in [0.717, 1.165) is 0 Å². The lowest BCUT2D eigenvalue weighted by Crippen LogP contribution is -2.27. The van der Waals surface area contributed by atoms with E-state index in [0.29, 0.717) is 22.5 Å².